The zero-order chi connectivity index (χ0) is 33.5. The Morgan fingerprint density at radius 2 is 1.16 bits per heavy atom. The van der Waals surface area contributed by atoms with Crippen LogP contribution in [0.15, 0.2) is 138 Å². The molecule has 1 aliphatic carbocycles. The molecular formula is C43H28O. The van der Waals surface area contributed by atoms with E-state index in [-0.39, 0.29) is 41.2 Å². The quantitative estimate of drug-likeness (QED) is 0.190. The Bertz CT molecular complexity index is 2890. The van der Waals surface area contributed by atoms with Crippen LogP contribution in [0, 0.1) is 0 Å². The van der Waals surface area contributed by atoms with Gasteiger partial charge in [0, 0.05) is 16.2 Å². The van der Waals surface area contributed by atoms with Gasteiger partial charge in [-0.1, -0.05) is 123 Å². The zero-order valence-electron chi connectivity index (χ0n) is 29.2. The number of benzene rings is 8. The van der Waals surface area contributed by atoms with Gasteiger partial charge < -0.3 is 4.42 Å². The van der Waals surface area contributed by atoms with Crippen molar-refractivity contribution in [3.63, 3.8) is 0 Å². The molecule has 0 fully saturated rings. The van der Waals surface area contributed by atoms with Crippen LogP contribution in [0.5, 0.6) is 0 Å². The summed E-state index contributed by atoms with van der Waals surface area (Å²) in [6.45, 7) is 4.57. The Hall–Kier alpha value is -5.40. The molecule has 10 rings (SSSR count). The fraction of sp³-hybridized carbons (Fsp3) is 0.0698. The predicted octanol–water partition coefficient (Wildman–Crippen LogP) is 12.1. The van der Waals surface area contributed by atoms with Crippen LogP contribution < -0.4 is 0 Å². The van der Waals surface area contributed by atoms with Crippen molar-refractivity contribution < 1.29 is 11.3 Å². The van der Waals surface area contributed by atoms with Crippen molar-refractivity contribution in [3.05, 3.63) is 144 Å². The molecule has 1 heterocycles. The second kappa shape index (κ2) is 8.36. The Balaban J connectivity index is 1.20. The average molecular weight is 566 g/mol. The van der Waals surface area contributed by atoms with Crippen molar-refractivity contribution in [2.45, 2.75) is 19.3 Å². The highest BCUT2D eigenvalue weighted by molar-refractivity contribution is 6.27. The van der Waals surface area contributed by atoms with Crippen LogP contribution in [0.1, 0.15) is 31.8 Å². The summed E-state index contributed by atoms with van der Waals surface area (Å²) in [6.07, 6.45) is 0. The molecule has 0 amide bonds. The molecule has 0 spiro atoms. The summed E-state index contributed by atoms with van der Waals surface area (Å²) in [5.74, 6) is 0. The smallest absolute Gasteiger partial charge is 0.135 e. The SMILES string of the molecule is [2H]c1c([2H])c([2H])c(-c2ccc3ccc4c(-c5ccc6oc7cc8c(cc7c6c5)-c5ccccc5C8(C)C)ccc5ccc2c3c54)c([2H])c1[2H]. The molecule has 0 bridgehead atoms. The normalized spacial score (nSPS) is 15.5. The molecule has 0 radical (unpaired) electrons. The first-order valence-electron chi connectivity index (χ1n) is 17.5. The van der Waals surface area contributed by atoms with E-state index in [1.54, 1.807) is 0 Å². The van der Waals surface area contributed by atoms with E-state index in [2.05, 4.69) is 98.8 Å². The molecule has 0 saturated carbocycles. The molecule has 1 nitrogen and oxygen atoms in total. The minimum absolute atomic E-state index is 0.103. The highest BCUT2D eigenvalue weighted by Crippen LogP contribution is 2.51. The molecule has 1 aromatic heterocycles. The third kappa shape index (κ3) is 3.09. The predicted molar refractivity (Wildman–Crippen MR) is 186 cm³/mol. The lowest BCUT2D eigenvalue weighted by atomic mass is 9.82. The Morgan fingerprint density at radius 1 is 0.500 bits per heavy atom. The highest BCUT2D eigenvalue weighted by Gasteiger charge is 2.36. The molecule has 44 heavy (non-hydrogen) atoms. The summed E-state index contributed by atoms with van der Waals surface area (Å²) in [6, 6.07) is 34.8. The van der Waals surface area contributed by atoms with Crippen molar-refractivity contribution in [2.24, 2.45) is 0 Å². The van der Waals surface area contributed by atoms with Crippen molar-refractivity contribution >= 4 is 54.3 Å². The molecule has 8 aromatic carbocycles. The van der Waals surface area contributed by atoms with Gasteiger partial charge in [0.25, 0.3) is 0 Å². The number of furan rings is 1. The monoisotopic (exact) mass is 565 g/mol. The summed E-state index contributed by atoms with van der Waals surface area (Å²) < 4.78 is 48.5. The highest BCUT2D eigenvalue weighted by atomic mass is 16.3. The van der Waals surface area contributed by atoms with Crippen molar-refractivity contribution in [2.75, 3.05) is 0 Å². The van der Waals surface area contributed by atoms with Gasteiger partial charge in [-0.15, -0.1) is 0 Å². The van der Waals surface area contributed by atoms with Crippen LogP contribution in [0.3, 0.4) is 0 Å². The van der Waals surface area contributed by atoms with E-state index in [9.17, 15) is 0 Å². The van der Waals surface area contributed by atoms with E-state index in [1.807, 2.05) is 18.2 Å². The largest absolute Gasteiger partial charge is 0.456 e. The Morgan fingerprint density at radius 3 is 1.91 bits per heavy atom. The Labute approximate surface area is 262 Å². The minimum atomic E-state index is -0.387. The molecule has 0 unspecified atom stereocenters. The van der Waals surface area contributed by atoms with Crippen LogP contribution >= 0.6 is 0 Å². The van der Waals surface area contributed by atoms with Gasteiger partial charge in [0.1, 0.15) is 11.2 Å². The van der Waals surface area contributed by atoms with E-state index < -0.39 is 0 Å². The first kappa shape index (κ1) is 19.7. The van der Waals surface area contributed by atoms with Crippen molar-refractivity contribution in [1.29, 1.82) is 0 Å². The number of fused-ring (bicyclic) bond motifs is 6. The van der Waals surface area contributed by atoms with Crippen LogP contribution in [-0.2, 0) is 5.41 Å². The first-order chi connectivity index (χ1) is 23.6. The topological polar surface area (TPSA) is 13.1 Å². The molecule has 1 aliphatic rings. The van der Waals surface area contributed by atoms with E-state index in [1.165, 1.54) is 22.3 Å². The van der Waals surface area contributed by atoms with Gasteiger partial charge in [0.05, 0.1) is 6.85 Å². The molecule has 1 heteroatoms. The van der Waals surface area contributed by atoms with Gasteiger partial charge in [-0.2, -0.15) is 0 Å². The van der Waals surface area contributed by atoms with E-state index in [0.29, 0.717) is 5.56 Å². The summed E-state index contributed by atoms with van der Waals surface area (Å²) in [4.78, 5) is 0. The van der Waals surface area contributed by atoms with Gasteiger partial charge >= 0.3 is 0 Å². The van der Waals surface area contributed by atoms with Gasteiger partial charge in [0.15, 0.2) is 0 Å². The maximum absolute atomic E-state index is 8.68. The lowest BCUT2D eigenvalue weighted by Gasteiger charge is -2.21. The minimum Gasteiger partial charge on any atom is -0.456 e. The van der Waals surface area contributed by atoms with Crippen molar-refractivity contribution in [3.8, 4) is 33.4 Å². The summed E-state index contributed by atoms with van der Waals surface area (Å²) in [7, 11) is 0. The Kier molecular flexibility index (Phi) is 3.75. The molecule has 0 saturated heterocycles. The number of rotatable bonds is 2. The number of hydrogen-bond acceptors (Lipinski definition) is 1. The average Bonchev–Trinajstić information content (AvgIpc) is 3.59. The maximum Gasteiger partial charge on any atom is 0.135 e. The van der Waals surface area contributed by atoms with Gasteiger partial charge in [-0.05, 0) is 101 Å². The lowest BCUT2D eigenvalue weighted by molar-refractivity contribution is 0.647. The fourth-order valence-electron chi connectivity index (χ4n) is 7.79. The van der Waals surface area contributed by atoms with Gasteiger partial charge in [-0.25, -0.2) is 0 Å². The van der Waals surface area contributed by atoms with Crippen LogP contribution in [0.2, 0.25) is 0 Å². The standard InChI is InChI=1S/C43H28O/c1-43(2)37-11-7-6-10-31(37)34-23-36-35-22-28(16-21-39(35)44-40(36)24-38(34)43)30-18-13-27-14-19-32-29(25-8-4-3-5-9-25)17-12-26-15-20-33(30)42(27)41(26)32/h3-24H,1-2H3/i3D,4D,5D,8D,9D. The van der Waals surface area contributed by atoms with Crippen molar-refractivity contribution in [1.82, 2.24) is 0 Å². The summed E-state index contributed by atoms with van der Waals surface area (Å²) >= 11 is 0. The van der Waals surface area contributed by atoms with Crippen LogP contribution in [-0.4, -0.2) is 0 Å². The third-order valence-electron chi connectivity index (χ3n) is 9.92. The second-order valence-corrected chi connectivity index (χ2v) is 12.5. The van der Waals surface area contributed by atoms with E-state index in [0.717, 1.165) is 65.4 Å². The van der Waals surface area contributed by atoms with E-state index >= 15 is 0 Å². The van der Waals surface area contributed by atoms with E-state index in [4.69, 9.17) is 11.3 Å². The molecule has 0 N–H and O–H groups in total. The molecule has 9 aromatic rings. The van der Waals surface area contributed by atoms with Gasteiger partial charge in [-0.3, -0.25) is 0 Å². The second-order valence-electron chi connectivity index (χ2n) is 12.5. The molecular weight excluding hydrogens is 532 g/mol. The maximum atomic E-state index is 8.68. The van der Waals surface area contributed by atoms with Crippen LogP contribution in [0.4, 0.5) is 0 Å². The van der Waals surface area contributed by atoms with Crippen LogP contribution in [0.25, 0.3) is 87.6 Å². The molecule has 0 atom stereocenters. The summed E-state index contributed by atoms with van der Waals surface area (Å²) in [5, 5.41) is 8.37. The lowest BCUT2D eigenvalue weighted by Crippen LogP contribution is -2.14. The van der Waals surface area contributed by atoms with Gasteiger partial charge in [0.2, 0.25) is 0 Å². The molecule has 0 aliphatic heterocycles. The zero-order valence-corrected chi connectivity index (χ0v) is 24.2. The summed E-state index contributed by atoms with van der Waals surface area (Å²) in [5.41, 5.74) is 9.85. The number of hydrogen-bond donors (Lipinski definition) is 0. The molecule has 206 valence electrons. The fourth-order valence-corrected chi connectivity index (χ4v) is 7.79. The first-order valence-corrected chi connectivity index (χ1v) is 15.0. The third-order valence-corrected chi connectivity index (χ3v) is 9.92.